The summed E-state index contributed by atoms with van der Waals surface area (Å²) in [5.74, 6) is -0.0706. The van der Waals surface area contributed by atoms with Gasteiger partial charge in [-0.25, -0.2) is 9.78 Å². The monoisotopic (exact) mass is 197 g/mol. The number of esters is 1. The highest BCUT2D eigenvalue weighted by Gasteiger charge is 2.12. The summed E-state index contributed by atoms with van der Waals surface area (Å²) in [7, 11) is 1.30. The third-order valence-electron chi connectivity index (χ3n) is 1.60. The van der Waals surface area contributed by atoms with Crippen molar-refractivity contribution in [3.8, 4) is 0 Å². The molecule has 1 heterocycles. The van der Waals surface area contributed by atoms with E-state index in [2.05, 4.69) is 20.0 Å². The van der Waals surface area contributed by atoms with Gasteiger partial charge in [-0.05, 0) is 6.92 Å². The number of rotatable bonds is 3. The molecule has 0 amide bonds. The minimum atomic E-state index is -0.533. The van der Waals surface area contributed by atoms with Crippen LogP contribution >= 0.6 is 0 Å². The summed E-state index contributed by atoms with van der Waals surface area (Å²) in [5.41, 5.74) is -0.278. The summed E-state index contributed by atoms with van der Waals surface area (Å²) in [6, 6.07) is 0.730. The Morgan fingerprint density at radius 3 is 3.00 bits per heavy atom. The zero-order chi connectivity index (χ0) is 10.6. The van der Waals surface area contributed by atoms with Gasteiger partial charge in [-0.2, -0.15) is 0 Å². The first-order valence-corrected chi connectivity index (χ1v) is 4.02. The van der Waals surface area contributed by atoms with Gasteiger partial charge >= 0.3 is 5.97 Å². The number of aromatic amines is 1. The Balaban J connectivity index is 2.69. The van der Waals surface area contributed by atoms with Gasteiger partial charge in [0.15, 0.2) is 0 Å². The smallest absolute Gasteiger partial charge is 0.328 e. The Morgan fingerprint density at radius 1 is 1.71 bits per heavy atom. The van der Waals surface area contributed by atoms with Crippen molar-refractivity contribution in [2.75, 3.05) is 12.4 Å². The van der Waals surface area contributed by atoms with E-state index in [4.69, 9.17) is 0 Å². The van der Waals surface area contributed by atoms with Gasteiger partial charge in [0.1, 0.15) is 11.9 Å². The van der Waals surface area contributed by atoms with Gasteiger partial charge in [-0.1, -0.05) is 0 Å². The topological polar surface area (TPSA) is 84.1 Å². The van der Waals surface area contributed by atoms with Gasteiger partial charge in [0.25, 0.3) is 5.56 Å². The van der Waals surface area contributed by atoms with Crippen LogP contribution in [-0.2, 0) is 9.53 Å². The number of methoxy groups -OCH3 is 1. The van der Waals surface area contributed by atoms with Crippen molar-refractivity contribution in [2.24, 2.45) is 0 Å². The van der Waals surface area contributed by atoms with Crippen LogP contribution in [0.5, 0.6) is 0 Å². The molecule has 1 aromatic heterocycles. The van der Waals surface area contributed by atoms with Crippen LogP contribution in [0, 0.1) is 0 Å². The van der Waals surface area contributed by atoms with Crippen LogP contribution in [0.3, 0.4) is 0 Å². The number of aromatic nitrogens is 2. The molecule has 0 bridgehead atoms. The van der Waals surface area contributed by atoms with Gasteiger partial charge < -0.3 is 15.0 Å². The van der Waals surface area contributed by atoms with Crippen LogP contribution in [0.15, 0.2) is 17.2 Å². The van der Waals surface area contributed by atoms with Gasteiger partial charge in [0.05, 0.1) is 13.4 Å². The molecule has 1 aromatic rings. The average Bonchev–Trinajstić information content (AvgIpc) is 2.16. The molecule has 1 unspecified atom stereocenters. The average molecular weight is 197 g/mol. The van der Waals surface area contributed by atoms with E-state index in [1.165, 1.54) is 19.5 Å². The van der Waals surface area contributed by atoms with Crippen molar-refractivity contribution in [1.82, 2.24) is 9.97 Å². The number of anilines is 1. The molecule has 6 heteroatoms. The molecule has 0 saturated carbocycles. The summed E-state index contributed by atoms with van der Waals surface area (Å²) in [5, 5.41) is 2.73. The van der Waals surface area contributed by atoms with Gasteiger partial charge in [-0.3, -0.25) is 4.79 Å². The maximum absolute atomic E-state index is 11.0. The molecule has 76 valence electrons. The van der Waals surface area contributed by atoms with Gasteiger partial charge in [0, 0.05) is 6.07 Å². The Hall–Kier alpha value is -1.85. The fourth-order valence-corrected chi connectivity index (χ4v) is 0.905. The molecule has 6 nitrogen and oxygen atoms in total. The van der Waals surface area contributed by atoms with Gasteiger partial charge in [-0.15, -0.1) is 0 Å². The second kappa shape index (κ2) is 4.40. The second-order valence-corrected chi connectivity index (χ2v) is 2.69. The molecule has 0 aliphatic carbocycles. The number of nitrogens with zero attached hydrogens (tertiary/aromatic N) is 1. The number of ether oxygens (including phenoxy) is 1. The number of carbonyl (C=O) groups excluding carboxylic acids is 1. The van der Waals surface area contributed by atoms with Crippen molar-refractivity contribution in [3.05, 3.63) is 22.7 Å². The van der Waals surface area contributed by atoms with Crippen LogP contribution in [0.25, 0.3) is 0 Å². The number of carbonyl (C=O) groups is 1. The second-order valence-electron chi connectivity index (χ2n) is 2.69. The quantitative estimate of drug-likeness (QED) is 0.652. The van der Waals surface area contributed by atoms with E-state index < -0.39 is 12.0 Å². The first kappa shape index (κ1) is 10.2. The lowest BCUT2D eigenvalue weighted by Crippen LogP contribution is -2.28. The van der Waals surface area contributed by atoms with Crippen LogP contribution in [0.2, 0.25) is 0 Å². The molecule has 14 heavy (non-hydrogen) atoms. The number of H-pyrrole nitrogens is 1. The van der Waals surface area contributed by atoms with Crippen LogP contribution in [0.1, 0.15) is 6.92 Å². The van der Waals surface area contributed by atoms with Gasteiger partial charge in [0.2, 0.25) is 0 Å². The molecule has 0 spiro atoms. The van der Waals surface area contributed by atoms with Crippen LogP contribution in [0.4, 0.5) is 5.82 Å². The summed E-state index contributed by atoms with van der Waals surface area (Å²) in [6.45, 7) is 1.62. The lowest BCUT2D eigenvalue weighted by atomic mass is 10.3. The lowest BCUT2D eigenvalue weighted by Gasteiger charge is -2.10. The summed E-state index contributed by atoms with van der Waals surface area (Å²) in [4.78, 5) is 28.0. The van der Waals surface area contributed by atoms with Crippen LogP contribution < -0.4 is 10.9 Å². The Labute approximate surface area is 80.3 Å². The molecule has 0 aliphatic heterocycles. The predicted octanol–water partition coefficient (Wildman–Crippen LogP) is -0.257. The third-order valence-corrected chi connectivity index (χ3v) is 1.60. The van der Waals surface area contributed by atoms with E-state index in [-0.39, 0.29) is 5.56 Å². The van der Waals surface area contributed by atoms with Crippen molar-refractivity contribution in [3.63, 3.8) is 0 Å². The minimum Gasteiger partial charge on any atom is -0.467 e. The minimum absolute atomic E-state index is 0.278. The fraction of sp³-hybridized carbons (Fsp3) is 0.375. The van der Waals surface area contributed by atoms with E-state index >= 15 is 0 Å². The number of hydrogen-bond acceptors (Lipinski definition) is 5. The molecule has 0 saturated heterocycles. The van der Waals surface area contributed by atoms with E-state index in [1.54, 1.807) is 6.92 Å². The molecular weight excluding hydrogens is 186 g/mol. The fourth-order valence-electron chi connectivity index (χ4n) is 0.905. The molecule has 1 atom stereocenters. The lowest BCUT2D eigenvalue weighted by molar-refractivity contribution is -0.141. The molecule has 0 aliphatic rings. The maximum Gasteiger partial charge on any atom is 0.328 e. The standard InChI is InChI=1S/C8H11N3O3/c1-5(8(13)14-2)11-6-3-7(12)10-4-9-6/h3-5H,1-2H3,(H2,9,10,11,12). The van der Waals surface area contributed by atoms with E-state index in [9.17, 15) is 9.59 Å². The zero-order valence-corrected chi connectivity index (χ0v) is 7.90. The first-order chi connectivity index (χ1) is 6.63. The van der Waals surface area contributed by atoms with Crippen molar-refractivity contribution in [1.29, 1.82) is 0 Å². The highest BCUT2D eigenvalue weighted by Crippen LogP contribution is 1.99. The maximum atomic E-state index is 11.0. The molecule has 0 aromatic carbocycles. The Morgan fingerprint density at radius 2 is 2.43 bits per heavy atom. The Kier molecular flexibility index (Phi) is 3.22. The zero-order valence-electron chi connectivity index (χ0n) is 7.90. The van der Waals surface area contributed by atoms with E-state index in [1.807, 2.05) is 0 Å². The highest BCUT2D eigenvalue weighted by molar-refractivity contribution is 5.78. The van der Waals surface area contributed by atoms with Crippen molar-refractivity contribution in [2.45, 2.75) is 13.0 Å². The number of nitrogens with one attached hydrogen (secondary N) is 2. The number of hydrogen-bond donors (Lipinski definition) is 2. The molecule has 1 rings (SSSR count). The largest absolute Gasteiger partial charge is 0.467 e. The first-order valence-electron chi connectivity index (χ1n) is 4.02. The molecular formula is C8H11N3O3. The van der Waals surface area contributed by atoms with Crippen molar-refractivity contribution < 1.29 is 9.53 Å². The predicted molar refractivity (Wildman–Crippen MR) is 50.0 cm³/mol. The van der Waals surface area contributed by atoms with Crippen LogP contribution in [-0.4, -0.2) is 29.1 Å². The SMILES string of the molecule is COC(=O)C(C)Nc1cc(=O)[nH]cn1. The Bertz CT molecular complexity index is 374. The third kappa shape index (κ3) is 2.58. The summed E-state index contributed by atoms with van der Waals surface area (Å²) in [6.07, 6.45) is 1.26. The normalized spacial score (nSPS) is 11.9. The molecule has 0 fully saturated rings. The summed E-state index contributed by atoms with van der Waals surface area (Å²) < 4.78 is 4.50. The highest BCUT2D eigenvalue weighted by atomic mass is 16.5. The van der Waals surface area contributed by atoms with E-state index in [0.29, 0.717) is 5.82 Å². The van der Waals surface area contributed by atoms with E-state index in [0.717, 1.165) is 0 Å². The molecule has 0 radical (unpaired) electrons. The van der Waals surface area contributed by atoms with Crippen molar-refractivity contribution >= 4 is 11.8 Å². The molecule has 2 N–H and O–H groups in total. The summed E-state index contributed by atoms with van der Waals surface area (Å²) >= 11 is 0.